The zero-order valence-corrected chi connectivity index (χ0v) is 19.8. The van der Waals surface area contributed by atoms with Crippen LogP contribution in [0.4, 0.5) is 5.69 Å². The summed E-state index contributed by atoms with van der Waals surface area (Å²) in [5, 5.41) is 6.71. The third kappa shape index (κ3) is 5.48. The first-order valence-electron chi connectivity index (χ1n) is 10.6. The molecule has 168 valence electrons. The van der Waals surface area contributed by atoms with Crippen molar-refractivity contribution in [3.63, 3.8) is 0 Å². The van der Waals surface area contributed by atoms with Gasteiger partial charge in [-0.3, -0.25) is 14.6 Å². The molecule has 0 spiro atoms. The minimum Gasteiger partial charge on any atom is -0.495 e. The highest BCUT2D eigenvalue weighted by Gasteiger charge is 2.26. The molecule has 1 aromatic heterocycles. The van der Waals surface area contributed by atoms with E-state index in [9.17, 15) is 4.79 Å². The minimum atomic E-state index is -0.246. The van der Waals surface area contributed by atoms with Crippen LogP contribution in [0.5, 0.6) is 5.75 Å². The molecule has 1 N–H and O–H groups in total. The fourth-order valence-corrected chi connectivity index (χ4v) is 4.80. The van der Waals surface area contributed by atoms with E-state index in [1.54, 1.807) is 36.6 Å². The van der Waals surface area contributed by atoms with E-state index in [4.69, 9.17) is 21.3 Å². The van der Waals surface area contributed by atoms with Crippen molar-refractivity contribution < 1.29 is 9.53 Å². The van der Waals surface area contributed by atoms with Crippen molar-refractivity contribution in [3.8, 4) is 16.3 Å². The highest BCUT2D eigenvalue weighted by atomic mass is 35.5. The van der Waals surface area contributed by atoms with Gasteiger partial charge in [0.15, 0.2) is 0 Å². The topological polar surface area (TPSA) is 57.7 Å². The first kappa shape index (κ1) is 22.7. The van der Waals surface area contributed by atoms with Crippen LogP contribution < -0.4 is 10.1 Å². The van der Waals surface area contributed by atoms with E-state index in [0.29, 0.717) is 16.5 Å². The lowest BCUT2D eigenvalue weighted by Gasteiger charge is -2.37. The summed E-state index contributed by atoms with van der Waals surface area (Å²) in [6, 6.07) is 15.2. The Morgan fingerprint density at radius 2 is 1.94 bits per heavy atom. The van der Waals surface area contributed by atoms with Crippen LogP contribution in [0, 0.1) is 0 Å². The second kappa shape index (κ2) is 10.4. The van der Waals surface area contributed by atoms with Gasteiger partial charge in [-0.1, -0.05) is 41.9 Å². The summed E-state index contributed by atoms with van der Waals surface area (Å²) in [6.45, 7) is 6.23. The molecule has 6 nitrogen and oxygen atoms in total. The number of nitrogens with zero attached hydrogens (tertiary/aromatic N) is 3. The molecule has 1 aliphatic heterocycles. The Kier molecular flexibility index (Phi) is 7.42. The van der Waals surface area contributed by atoms with Gasteiger partial charge in [-0.25, -0.2) is 4.98 Å². The number of ether oxygens (including phenoxy) is 1. The highest BCUT2D eigenvalue weighted by molar-refractivity contribution is 7.13. The number of carbonyl (C=O) groups excluding carboxylic acids is 1. The highest BCUT2D eigenvalue weighted by Crippen LogP contribution is 2.28. The van der Waals surface area contributed by atoms with Gasteiger partial charge in [0, 0.05) is 48.7 Å². The predicted octanol–water partition coefficient (Wildman–Crippen LogP) is 4.62. The van der Waals surface area contributed by atoms with Crippen molar-refractivity contribution in [1.82, 2.24) is 14.8 Å². The number of anilines is 1. The van der Waals surface area contributed by atoms with Crippen LogP contribution in [0.2, 0.25) is 5.02 Å². The maximum atomic E-state index is 12.8. The molecule has 1 atom stereocenters. The van der Waals surface area contributed by atoms with Crippen LogP contribution in [-0.2, 0) is 11.3 Å². The van der Waals surface area contributed by atoms with E-state index in [-0.39, 0.29) is 11.9 Å². The molecule has 1 fully saturated rings. The molecule has 2 aromatic carbocycles. The normalized spacial score (nSPS) is 16.0. The smallest absolute Gasteiger partial charge is 0.241 e. The number of hydrogen-bond donors (Lipinski definition) is 1. The SMILES string of the molecule is COc1ccc(Cl)cc1NC(=O)[C@@H](C)N1CCN(Cc2csc(-c3ccccc3)n2)CC1. The lowest BCUT2D eigenvalue weighted by Crippen LogP contribution is -2.52. The van der Waals surface area contributed by atoms with E-state index in [1.807, 2.05) is 25.1 Å². The molecule has 8 heteroatoms. The maximum absolute atomic E-state index is 12.8. The fraction of sp³-hybridized carbons (Fsp3) is 0.333. The summed E-state index contributed by atoms with van der Waals surface area (Å²) in [6.07, 6.45) is 0. The molecule has 1 aliphatic rings. The van der Waals surface area contributed by atoms with Crippen LogP contribution in [0.15, 0.2) is 53.9 Å². The third-order valence-electron chi connectivity index (χ3n) is 5.71. The molecule has 1 saturated heterocycles. The number of halogens is 1. The van der Waals surface area contributed by atoms with Gasteiger partial charge in [0.05, 0.1) is 24.5 Å². The van der Waals surface area contributed by atoms with Gasteiger partial charge >= 0.3 is 0 Å². The summed E-state index contributed by atoms with van der Waals surface area (Å²) in [7, 11) is 1.58. The number of benzene rings is 2. The average Bonchev–Trinajstić information content (AvgIpc) is 3.28. The third-order valence-corrected chi connectivity index (χ3v) is 6.89. The summed E-state index contributed by atoms with van der Waals surface area (Å²) >= 11 is 7.76. The van der Waals surface area contributed by atoms with E-state index in [1.165, 1.54) is 0 Å². The van der Waals surface area contributed by atoms with Crippen LogP contribution in [-0.4, -0.2) is 60.0 Å². The number of thiazole rings is 1. The summed E-state index contributed by atoms with van der Waals surface area (Å²) in [4.78, 5) is 22.2. The van der Waals surface area contributed by atoms with E-state index in [0.717, 1.165) is 49.0 Å². The average molecular weight is 471 g/mol. The number of methoxy groups -OCH3 is 1. The van der Waals surface area contributed by atoms with Crippen molar-refractivity contribution >= 4 is 34.5 Å². The molecular formula is C24H27ClN4O2S. The number of rotatable bonds is 7. The Morgan fingerprint density at radius 1 is 1.19 bits per heavy atom. The molecule has 0 unspecified atom stereocenters. The predicted molar refractivity (Wildman–Crippen MR) is 130 cm³/mol. The fourth-order valence-electron chi connectivity index (χ4n) is 3.81. The minimum absolute atomic E-state index is 0.0639. The van der Waals surface area contributed by atoms with Gasteiger partial charge in [0.2, 0.25) is 5.91 Å². The molecule has 0 aliphatic carbocycles. The number of piperazine rings is 1. The number of amides is 1. The Balaban J connectivity index is 1.29. The number of nitrogens with one attached hydrogen (secondary N) is 1. The largest absolute Gasteiger partial charge is 0.495 e. The molecule has 0 bridgehead atoms. The van der Waals surface area contributed by atoms with Crippen LogP contribution in [0.25, 0.3) is 10.6 Å². The Morgan fingerprint density at radius 3 is 2.66 bits per heavy atom. The summed E-state index contributed by atoms with van der Waals surface area (Å²) < 4.78 is 5.33. The van der Waals surface area contributed by atoms with Crippen LogP contribution in [0.1, 0.15) is 12.6 Å². The zero-order valence-electron chi connectivity index (χ0n) is 18.3. The first-order chi connectivity index (χ1) is 15.5. The second-order valence-electron chi connectivity index (χ2n) is 7.83. The number of hydrogen-bond acceptors (Lipinski definition) is 6. The van der Waals surface area contributed by atoms with E-state index >= 15 is 0 Å². The molecular weight excluding hydrogens is 444 g/mol. The van der Waals surface area contributed by atoms with Gasteiger partial charge in [-0.15, -0.1) is 11.3 Å². The maximum Gasteiger partial charge on any atom is 0.241 e. The quantitative estimate of drug-likeness (QED) is 0.546. The molecule has 3 aromatic rings. The van der Waals surface area contributed by atoms with Crippen molar-refractivity contribution in [1.29, 1.82) is 0 Å². The van der Waals surface area contributed by atoms with Crippen molar-refractivity contribution in [2.75, 3.05) is 38.6 Å². The van der Waals surface area contributed by atoms with Crippen LogP contribution in [0.3, 0.4) is 0 Å². The Labute approximate surface area is 197 Å². The first-order valence-corrected chi connectivity index (χ1v) is 11.9. The molecule has 32 heavy (non-hydrogen) atoms. The second-order valence-corrected chi connectivity index (χ2v) is 9.13. The van der Waals surface area contributed by atoms with Crippen molar-refractivity contribution in [3.05, 3.63) is 64.6 Å². The number of aromatic nitrogens is 1. The summed E-state index contributed by atoms with van der Waals surface area (Å²) in [5.74, 6) is 0.531. The van der Waals surface area contributed by atoms with Gasteiger partial charge in [-0.2, -0.15) is 0 Å². The van der Waals surface area contributed by atoms with Gasteiger partial charge in [0.25, 0.3) is 0 Å². The van der Waals surface area contributed by atoms with Crippen molar-refractivity contribution in [2.45, 2.75) is 19.5 Å². The van der Waals surface area contributed by atoms with Gasteiger partial charge in [-0.05, 0) is 25.1 Å². The van der Waals surface area contributed by atoms with Gasteiger partial charge in [0.1, 0.15) is 10.8 Å². The molecule has 0 radical (unpaired) electrons. The lowest BCUT2D eigenvalue weighted by atomic mass is 10.2. The monoisotopic (exact) mass is 470 g/mol. The molecule has 4 rings (SSSR count). The molecule has 0 saturated carbocycles. The van der Waals surface area contributed by atoms with Gasteiger partial charge < -0.3 is 10.1 Å². The van der Waals surface area contributed by atoms with Crippen molar-refractivity contribution in [2.24, 2.45) is 0 Å². The number of carbonyl (C=O) groups is 1. The van der Waals surface area contributed by atoms with Crippen LogP contribution >= 0.6 is 22.9 Å². The van der Waals surface area contributed by atoms with E-state index in [2.05, 4.69) is 32.6 Å². The Hall–Kier alpha value is -2.45. The Bertz CT molecular complexity index is 1050. The zero-order chi connectivity index (χ0) is 22.5. The van der Waals surface area contributed by atoms with E-state index < -0.39 is 0 Å². The molecule has 1 amide bonds. The lowest BCUT2D eigenvalue weighted by molar-refractivity contribution is -0.121. The molecule has 2 heterocycles. The summed E-state index contributed by atoms with van der Waals surface area (Å²) in [5.41, 5.74) is 2.85. The standard InChI is InChI=1S/C24H27ClN4O2S/c1-17(23(30)27-21-14-19(25)8-9-22(21)31-2)29-12-10-28(11-13-29)15-20-16-32-24(26-20)18-6-4-3-5-7-18/h3-9,14,16-17H,10-13,15H2,1-2H3,(H,27,30)/t17-/m1/s1.